The van der Waals surface area contributed by atoms with Gasteiger partial charge in [0, 0.05) is 30.5 Å². The molecule has 3 rings (SSSR count). The topological polar surface area (TPSA) is 72.6 Å². The maximum Gasteiger partial charge on any atom is 0.220 e. The van der Waals surface area contributed by atoms with E-state index in [2.05, 4.69) is 5.16 Å². The van der Waals surface area contributed by atoms with Gasteiger partial charge in [-0.3, -0.25) is 0 Å². The molecular weight excluding hydrogens is 340 g/mol. The molecule has 136 valence electrons. The predicted octanol–water partition coefficient (Wildman–Crippen LogP) is 2.81. The van der Waals surface area contributed by atoms with Crippen molar-refractivity contribution in [1.82, 2.24) is 9.46 Å². The van der Waals surface area contributed by atoms with Gasteiger partial charge < -0.3 is 9.26 Å². The zero-order chi connectivity index (χ0) is 18.1. The monoisotopic (exact) mass is 364 g/mol. The first-order valence-electron chi connectivity index (χ1n) is 8.36. The van der Waals surface area contributed by atoms with E-state index in [1.807, 2.05) is 51.1 Å². The average molecular weight is 364 g/mol. The first-order valence-corrected chi connectivity index (χ1v) is 9.97. The van der Waals surface area contributed by atoms with E-state index in [0.717, 1.165) is 5.75 Å². The highest BCUT2D eigenvalue weighted by atomic mass is 32.2. The second kappa shape index (κ2) is 6.80. The number of nitrogens with zero attached hydrogens (tertiary/aromatic N) is 2. The van der Waals surface area contributed by atoms with Crippen molar-refractivity contribution in [3.63, 3.8) is 0 Å². The van der Waals surface area contributed by atoms with E-state index in [-0.39, 0.29) is 17.1 Å². The Morgan fingerprint density at radius 3 is 2.52 bits per heavy atom. The highest BCUT2D eigenvalue weighted by molar-refractivity contribution is 7.88. The normalized spacial score (nSPS) is 16.6. The number of hydrogen-bond donors (Lipinski definition) is 0. The largest absolute Gasteiger partial charge is 0.493 e. The highest BCUT2D eigenvalue weighted by Gasteiger charge is 2.36. The van der Waals surface area contributed by atoms with Gasteiger partial charge in [0.2, 0.25) is 10.0 Å². The summed E-state index contributed by atoms with van der Waals surface area (Å²) in [4.78, 5) is 0. The van der Waals surface area contributed by atoms with Crippen molar-refractivity contribution in [2.45, 2.75) is 31.9 Å². The van der Waals surface area contributed by atoms with E-state index in [1.165, 1.54) is 4.31 Å². The highest BCUT2D eigenvalue weighted by Crippen LogP contribution is 2.26. The molecule has 2 aromatic rings. The molecule has 0 N–H and O–H groups in total. The molecule has 1 aromatic carbocycles. The molecule has 0 saturated carbocycles. The summed E-state index contributed by atoms with van der Waals surface area (Å²) in [5.74, 6) is 1.59. The van der Waals surface area contributed by atoms with E-state index in [4.69, 9.17) is 9.26 Å². The van der Waals surface area contributed by atoms with Gasteiger partial charge in [-0.1, -0.05) is 44.1 Å². The molecule has 7 heteroatoms. The van der Waals surface area contributed by atoms with Crippen LogP contribution in [-0.4, -0.2) is 37.6 Å². The first-order chi connectivity index (χ1) is 11.7. The Balaban J connectivity index is 1.50. The fourth-order valence-corrected chi connectivity index (χ4v) is 4.17. The second-order valence-electron chi connectivity index (χ2n) is 7.50. The van der Waals surface area contributed by atoms with Gasteiger partial charge in [-0.15, -0.1) is 0 Å². The van der Waals surface area contributed by atoms with Crippen LogP contribution >= 0.6 is 0 Å². The summed E-state index contributed by atoms with van der Waals surface area (Å²) in [6, 6.07) is 11.3. The van der Waals surface area contributed by atoms with Crippen LogP contribution in [0, 0.1) is 5.92 Å². The number of benzene rings is 1. The lowest BCUT2D eigenvalue weighted by molar-refractivity contribution is 0.129. The minimum atomic E-state index is -3.37. The summed E-state index contributed by atoms with van der Waals surface area (Å²) in [6.07, 6.45) is 0. The van der Waals surface area contributed by atoms with E-state index >= 15 is 0 Å². The SMILES string of the molecule is CC(C)(C)c1cc(CS(=O)(=O)N2CC(COc3ccccc3)C2)no1. The maximum atomic E-state index is 12.5. The molecule has 0 spiro atoms. The minimum Gasteiger partial charge on any atom is -0.493 e. The molecule has 25 heavy (non-hydrogen) atoms. The van der Waals surface area contributed by atoms with Crippen LogP contribution in [0.15, 0.2) is 40.9 Å². The Morgan fingerprint density at radius 1 is 1.24 bits per heavy atom. The molecular formula is C18H24N2O4S. The van der Waals surface area contributed by atoms with Crippen LogP contribution in [0.3, 0.4) is 0 Å². The number of rotatable bonds is 6. The summed E-state index contributed by atoms with van der Waals surface area (Å²) < 4.78 is 37.4. The van der Waals surface area contributed by atoms with Gasteiger partial charge in [-0.05, 0) is 12.1 Å². The molecule has 0 bridgehead atoms. The second-order valence-corrected chi connectivity index (χ2v) is 9.46. The summed E-state index contributed by atoms with van der Waals surface area (Å²) in [6.45, 7) is 7.49. The number of sulfonamides is 1. The molecule has 2 heterocycles. The standard InChI is InChI=1S/C18H24N2O4S/c1-18(2,3)17-9-15(19-24-17)13-25(21,22)20-10-14(11-20)12-23-16-7-5-4-6-8-16/h4-9,14H,10-13H2,1-3H3. The Labute approximate surface area is 148 Å². The lowest BCUT2D eigenvalue weighted by atomic mass is 9.93. The van der Waals surface area contributed by atoms with Crippen molar-refractivity contribution in [2.75, 3.05) is 19.7 Å². The first kappa shape index (κ1) is 17.9. The lowest BCUT2D eigenvalue weighted by Crippen LogP contribution is -2.52. The maximum absolute atomic E-state index is 12.5. The zero-order valence-corrected chi connectivity index (χ0v) is 15.6. The van der Waals surface area contributed by atoms with Gasteiger partial charge in [0.05, 0.1) is 6.61 Å². The third kappa shape index (κ3) is 4.41. The number of para-hydroxylation sites is 1. The van der Waals surface area contributed by atoms with Gasteiger partial charge in [-0.2, -0.15) is 0 Å². The molecule has 6 nitrogen and oxygen atoms in total. The van der Waals surface area contributed by atoms with Crippen LogP contribution < -0.4 is 4.74 Å². The predicted molar refractivity (Wildman–Crippen MR) is 94.8 cm³/mol. The van der Waals surface area contributed by atoms with E-state index in [9.17, 15) is 8.42 Å². The third-order valence-electron chi connectivity index (χ3n) is 4.17. The Bertz CT molecular complexity index is 803. The fraction of sp³-hybridized carbons (Fsp3) is 0.500. The molecule has 1 aliphatic heterocycles. The van der Waals surface area contributed by atoms with E-state index in [0.29, 0.717) is 31.2 Å². The summed E-state index contributed by atoms with van der Waals surface area (Å²) in [5, 5.41) is 3.90. The molecule has 0 radical (unpaired) electrons. The van der Waals surface area contributed by atoms with Crippen molar-refractivity contribution in [2.24, 2.45) is 5.92 Å². The zero-order valence-electron chi connectivity index (χ0n) is 14.8. The van der Waals surface area contributed by atoms with Crippen molar-refractivity contribution in [3.8, 4) is 5.75 Å². The molecule has 0 atom stereocenters. The fourth-order valence-electron chi connectivity index (χ4n) is 2.60. The minimum absolute atomic E-state index is 0.126. The smallest absolute Gasteiger partial charge is 0.220 e. The van der Waals surface area contributed by atoms with Gasteiger partial charge in [0.1, 0.15) is 23.0 Å². The summed E-state index contributed by atoms with van der Waals surface area (Å²) in [5.41, 5.74) is 0.264. The van der Waals surface area contributed by atoms with Crippen LogP contribution in [0.2, 0.25) is 0 Å². The molecule has 0 aliphatic carbocycles. The number of hydrogen-bond acceptors (Lipinski definition) is 5. The molecule has 1 aliphatic rings. The molecule has 1 fully saturated rings. The van der Waals surface area contributed by atoms with Crippen LogP contribution in [-0.2, 0) is 21.2 Å². The lowest BCUT2D eigenvalue weighted by Gasteiger charge is -2.37. The van der Waals surface area contributed by atoms with E-state index < -0.39 is 10.0 Å². The molecule has 0 unspecified atom stereocenters. The van der Waals surface area contributed by atoms with E-state index in [1.54, 1.807) is 6.07 Å². The molecule has 1 saturated heterocycles. The molecule has 0 amide bonds. The molecule has 1 aromatic heterocycles. The van der Waals surface area contributed by atoms with Crippen molar-refractivity contribution < 1.29 is 17.7 Å². The average Bonchev–Trinajstić information content (AvgIpc) is 2.94. The Morgan fingerprint density at radius 2 is 1.92 bits per heavy atom. The van der Waals surface area contributed by atoms with Crippen LogP contribution in [0.4, 0.5) is 0 Å². The summed E-state index contributed by atoms with van der Waals surface area (Å²) >= 11 is 0. The number of aromatic nitrogens is 1. The number of ether oxygens (including phenoxy) is 1. The van der Waals surface area contributed by atoms with Crippen molar-refractivity contribution in [3.05, 3.63) is 47.9 Å². The summed E-state index contributed by atoms with van der Waals surface area (Å²) in [7, 11) is -3.37. The van der Waals surface area contributed by atoms with Crippen molar-refractivity contribution >= 4 is 10.0 Å². The quantitative estimate of drug-likeness (QED) is 0.788. The Hall–Kier alpha value is -1.86. The van der Waals surface area contributed by atoms with Gasteiger partial charge in [0.25, 0.3) is 0 Å². The van der Waals surface area contributed by atoms with Crippen LogP contribution in [0.1, 0.15) is 32.2 Å². The van der Waals surface area contributed by atoms with Gasteiger partial charge in [0.15, 0.2) is 0 Å². The Kier molecular flexibility index (Phi) is 4.88. The van der Waals surface area contributed by atoms with Crippen molar-refractivity contribution in [1.29, 1.82) is 0 Å². The van der Waals surface area contributed by atoms with Gasteiger partial charge >= 0.3 is 0 Å². The third-order valence-corrected chi connectivity index (χ3v) is 5.92. The van der Waals surface area contributed by atoms with Gasteiger partial charge in [-0.25, -0.2) is 12.7 Å². The van der Waals surface area contributed by atoms with Crippen LogP contribution in [0.25, 0.3) is 0 Å². The van der Waals surface area contributed by atoms with Crippen LogP contribution in [0.5, 0.6) is 5.75 Å².